The summed E-state index contributed by atoms with van der Waals surface area (Å²) in [6.45, 7) is 13.5. The summed E-state index contributed by atoms with van der Waals surface area (Å²) in [5.41, 5.74) is 6.16. The van der Waals surface area contributed by atoms with E-state index in [9.17, 15) is 0 Å². The van der Waals surface area contributed by atoms with Crippen LogP contribution in [0.1, 0.15) is 52.7 Å². The van der Waals surface area contributed by atoms with Crippen molar-refractivity contribution in [3.05, 3.63) is 127 Å². The zero-order valence-corrected chi connectivity index (χ0v) is 27.2. The van der Waals surface area contributed by atoms with Crippen LogP contribution in [-0.2, 0) is 10.8 Å². The van der Waals surface area contributed by atoms with Gasteiger partial charge in [0.05, 0.1) is 5.56 Å². The van der Waals surface area contributed by atoms with Crippen molar-refractivity contribution in [2.75, 3.05) is 0 Å². The topological polar surface area (TPSA) is 64.5 Å². The van der Waals surface area contributed by atoms with Gasteiger partial charge in [0.25, 0.3) is 0 Å². The van der Waals surface area contributed by atoms with Crippen LogP contribution in [-0.4, -0.2) is 24.9 Å². The molecule has 0 atom stereocenters. The highest BCUT2D eigenvalue weighted by atomic mass is 15.0. The van der Waals surface area contributed by atoms with Crippen molar-refractivity contribution in [1.29, 1.82) is 0 Å². The van der Waals surface area contributed by atoms with Gasteiger partial charge in [-0.2, -0.15) is 0 Å². The number of aromatic nitrogens is 5. The van der Waals surface area contributed by atoms with Gasteiger partial charge in [-0.3, -0.25) is 0 Å². The van der Waals surface area contributed by atoms with Gasteiger partial charge in [-0.15, -0.1) is 0 Å². The van der Waals surface area contributed by atoms with Gasteiger partial charge in [0.2, 0.25) is 0 Å². The molecule has 5 nitrogen and oxygen atoms in total. The Morgan fingerprint density at radius 1 is 0.370 bits per heavy atom. The Hall–Kier alpha value is -5.29. The second-order valence-electron chi connectivity index (χ2n) is 13.9. The molecule has 46 heavy (non-hydrogen) atoms. The van der Waals surface area contributed by atoms with Crippen LogP contribution < -0.4 is 0 Å². The molecule has 0 saturated heterocycles. The molecule has 7 aromatic rings. The van der Waals surface area contributed by atoms with Crippen molar-refractivity contribution in [1.82, 2.24) is 24.9 Å². The van der Waals surface area contributed by atoms with Crippen molar-refractivity contribution >= 4 is 21.5 Å². The molecule has 0 aliphatic rings. The molecule has 5 heteroatoms. The first kappa shape index (κ1) is 29.4. The van der Waals surface area contributed by atoms with Gasteiger partial charge in [-0.25, -0.2) is 24.9 Å². The third kappa shape index (κ3) is 5.43. The van der Waals surface area contributed by atoms with Gasteiger partial charge >= 0.3 is 0 Å². The fraction of sp³-hybridized carbons (Fsp3) is 0.195. The van der Waals surface area contributed by atoms with E-state index in [1.165, 1.54) is 21.9 Å². The van der Waals surface area contributed by atoms with Gasteiger partial charge in [0.15, 0.2) is 23.3 Å². The van der Waals surface area contributed by atoms with Crippen LogP contribution >= 0.6 is 0 Å². The maximum atomic E-state index is 5.19. The van der Waals surface area contributed by atoms with E-state index in [0.29, 0.717) is 23.3 Å². The summed E-state index contributed by atoms with van der Waals surface area (Å²) < 4.78 is 0. The van der Waals surface area contributed by atoms with Crippen molar-refractivity contribution in [3.63, 3.8) is 0 Å². The van der Waals surface area contributed by atoms with Gasteiger partial charge in [0, 0.05) is 29.1 Å². The van der Waals surface area contributed by atoms with E-state index in [1.54, 1.807) is 12.4 Å². The minimum absolute atomic E-state index is 0.0148. The molecule has 226 valence electrons. The van der Waals surface area contributed by atoms with Crippen LogP contribution in [0.3, 0.4) is 0 Å². The Labute approximate surface area is 270 Å². The van der Waals surface area contributed by atoms with Gasteiger partial charge < -0.3 is 0 Å². The van der Waals surface area contributed by atoms with E-state index in [-0.39, 0.29) is 10.8 Å². The van der Waals surface area contributed by atoms with Crippen molar-refractivity contribution in [2.24, 2.45) is 0 Å². The first-order chi connectivity index (χ1) is 22.1. The smallest absolute Gasteiger partial charge is 0.167 e. The van der Waals surface area contributed by atoms with E-state index in [0.717, 1.165) is 33.0 Å². The van der Waals surface area contributed by atoms with E-state index in [4.69, 9.17) is 24.9 Å². The van der Waals surface area contributed by atoms with Crippen LogP contribution in [0, 0.1) is 0 Å². The normalized spacial score (nSPS) is 12.1. The molecule has 7 rings (SSSR count). The van der Waals surface area contributed by atoms with Crippen molar-refractivity contribution in [3.8, 4) is 45.6 Å². The molecule has 0 bridgehead atoms. The minimum atomic E-state index is -0.0148. The third-order valence-electron chi connectivity index (χ3n) is 8.52. The highest BCUT2D eigenvalue weighted by Crippen LogP contribution is 2.38. The summed E-state index contributed by atoms with van der Waals surface area (Å²) in [4.78, 5) is 24.7. The molecule has 0 spiro atoms. The summed E-state index contributed by atoms with van der Waals surface area (Å²) in [6, 6.07) is 35.8. The molecular formula is C41H37N5. The van der Waals surface area contributed by atoms with Crippen molar-refractivity contribution < 1.29 is 0 Å². The van der Waals surface area contributed by atoms with Crippen LogP contribution in [0.15, 0.2) is 116 Å². The van der Waals surface area contributed by atoms with Gasteiger partial charge in [-0.1, -0.05) is 145 Å². The van der Waals surface area contributed by atoms with Crippen LogP contribution in [0.25, 0.3) is 67.1 Å². The lowest BCUT2D eigenvalue weighted by Gasteiger charge is -2.23. The summed E-state index contributed by atoms with van der Waals surface area (Å²) >= 11 is 0. The molecule has 5 aromatic carbocycles. The minimum Gasteiger partial charge on any atom is -0.236 e. The average Bonchev–Trinajstić information content (AvgIpc) is 3.06. The molecule has 2 heterocycles. The maximum Gasteiger partial charge on any atom is 0.167 e. The average molecular weight is 600 g/mol. The Balaban J connectivity index is 1.47. The van der Waals surface area contributed by atoms with E-state index >= 15 is 0 Å². The van der Waals surface area contributed by atoms with Crippen LogP contribution in [0.4, 0.5) is 0 Å². The Morgan fingerprint density at radius 2 is 0.783 bits per heavy atom. The lowest BCUT2D eigenvalue weighted by molar-refractivity contribution is 0.595. The lowest BCUT2D eigenvalue weighted by Crippen LogP contribution is -2.12. The zero-order chi connectivity index (χ0) is 32.1. The van der Waals surface area contributed by atoms with Crippen molar-refractivity contribution in [2.45, 2.75) is 52.4 Å². The predicted octanol–water partition coefficient (Wildman–Crippen LogP) is 10.2. The lowest BCUT2D eigenvalue weighted by atomic mass is 9.82. The molecule has 0 unspecified atom stereocenters. The maximum absolute atomic E-state index is 5.19. The summed E-state index contributed by atoms with van der Waals surface area (Å²) in [5.74, 6) is 2.43. The Morgan fingerprint density at radius 3 is 1.24 bits per heavy atom. The first-order valence-electron chi connectivity index (χ1n) is 15.8. The summed E-state index contributed by atoms with van der Waals surface area (Å²) in [7, 11) is 0. The van der Waals surface area contributed by atoms with Gasteiger partial charge in [0.1, 0.15) is 0 Å². The molecule has 2 aromatic heterocycles. The zero-order valence-electron chi connectivity index (χ0n) is 27.2. The summed E-state index contributed by atoms with van der Waals surface area (Å²) in [6.07, 6.45) is 3.61. The standard InChI is InChI=1S/C41H37N5/c1-40(2,3)34-22-20-32(28-16-10-12-18-30(28)34)38-44-37(27-24-42-36(43-25-27)26-14-8-7-9-15-26)45-39(46-38)33-21-23-35(41(4,5)6)31-19-13-11-17-29(31)33/h7-25H,1-6H3. The Bertz CT molecular complexity index is 2090. The number of hydrogen-bond donors (Lipinski definition) is 0. The molecule has 0 saturated carbocycles. The van der Waals surface area contributed by atoms with E-state index in [1.807, 2.05) is 30.3 Å². The molecular weight excluding hydrogens is 562 g/mol. The molecule has 0 aliphatic carbocycles. The largest absolute Gasteiger partial charge is 0.236 e. The number of benzene rings is 5. The quantitative estimate of drug-likeness (QED) is 0.201. The second kappa shape index (κ2) is 11.3. The first-order valence-corrected chi connectivity index (χ1v) is 15.8. The SMILES string of the molecule is CC(C)(C)c1ccc(-c2nc(-c3cnc(-c4ccccc4)nc3)nc(-c3ccc(C(C)(C)C)c4ccccc34)n2)c2ccccc12. The Kier molecular flexibility index (Phi) is 7.20. The highest BCUT2D eigenvalue weighted by molar-refractivity contribution is 6.00. The van der Waals surface area contributed by atoms with Crippen LogP contribution in [0.5, 0.6) is 0 Å². The monoisotopic (exact) mass is 599 g/mol. The van der Waals surface area contributed by atoms with E-state index in [2.05, 4.69) is 114 Å². The fourth-order valence-corrected chi connectivity index (χ4v) is 6.22. The number of fused-ring (bicyclic) bond motifs is 2. The third-order valence-corrected chi connectivity index (χ3v) is 8.52. The number of rotatable bonds is 4. The van der Waals surface area contributed by atoms with Crippen LogP contribution in [0.2, 0.25) is 0 Å². The molecule has 0 N–H and O–H groups in total. The molecule has 0 amide bonds. The molecule has 0 fully saturated rings. The summed E-state index contributed by atoms with van der Waals surface area (Å²) in [5, 5.41) is 4.63. The highest BCUT2D eigenvalue weighted by Gasteiger charge is 2.23. The molecule has 0 radical (unpaired) electrons. The second-order valence-corrected chi connectivity index (χ2v) is 13.9. The number of hydrogen-bond acceptors (Lipinski definition) is 5. The predicted molar refractivity (Wildman–Crippen MR) is 190 cm³/mol. The van der Waals surface area contributed by atoms with E-state index < -0.39 is 0 Å². The fourth-order valence-electron chi connectivity index (χ4n) is 6.22. The van der Waals surface area contributed by atoms with Gasteiger partial charge in [-0.05, 0) is 43.5 Å². The number of nitrogens with zero attached hydrogens (tertiary/aromatic N) is 5. The molecule has 0 aliphatic heterocycles.